The minimum Gasteiger partial charge on any atom is -0.465 e. The molecule has 1 aromatic carbocycles. The topological polar surface area (TPSA) is 84.5 Å². The van der Waals surface area contributed by atoms with E-state index in [2.05, 4.69) is 14.8 Å². The molecule has 7 heteroatoms. The summed E-state index contributed by atoms with van der Waals surface area (Å²) in [5, 5.41) is 3.12. The van der Waals surface area contributed by atoms with Crippen molar-refractivity contribution >= 4 is 16.0 Å². The molecule has 0 saturated heterocycles. The average molecular weight is 314 g/mol. The SMILES string of the molecule is CCN[C@H](C)CNS(=O)(=O)c1cccc(C(=O)OC)c1C. The molecule has 0 aliphatic carbocycles. The number of benzene rings is 1. The third kappa shape index (κ3) is 4.52. The highest BCUT2D eigenvalue weighted by molar-refractivity contribution is 7.89. The standard InChI is InChI=1S/C14H22N2O4S/c1-5-15-10(2)9-16-21(18,19)13-8-6-7-12(11(13)3)14(17)20-4/h6-8,10,15-16H,5,9H2,1-4H3/t10-/m1/s1. The largest absolute Gasteiger partial charge is 0.465 e. The van der Waals surface area contributed by atoms with Gasteiger partial charge < -0.3 is 10.1 Å². The minimum atomic E-state index is -3.67. The predicted molar refractivity (Wildman–Crippen MR) is 80.8 cm³/mol. The van der Waals surface area contributed by atoms with Crippen LogP contribution in [-0.4, -0.2) is 40.6 Å². The third-order valence-electron chi connectivity index (χ3n) is 3.11. The molecule has 0 aliphatic rings. The molecule has 0 spiro atoms. The first-order chi connectivity index (χ1) is 9.83. The second-order valence-corrected chi connectivity index (χ2v) is 6.47. The second kappa shape index (κ2) is 7.53. The zero-order chi connectivity index (χ0) is 16.0. The number of carbonyl (C=O) groups is 1. The van der Waals surface area contributed by atoms with Crippen molar-refractivity contribution in [3.63, 3.8) is 0 Å². The van der Waals surface area contributed by atoms with E-state index in [1.165, 1.54) is 19.2 Å². The van der Waals surface area contributed by atoms with Gasteiger partial charge >= 0.3 is 5.97 Å². The van der Waals surface area contributed by atoms with Gasteiger partial charge in [-0.25, -0.2) is 17.9 Å². The van der Waals surface area contributed by atoms with E-state index in [4.69, 9.17) is 0 Å². The van der Waals surface area contributed by atoms with E-state index in [0.717, 1.165) is 6.54 Å². The summed E-state index contributed by atoms with van der Waals surface area (Å²) in [4.78, 5) is 11.7. The maximum absolute atomic E-state index is 12.3. The first-order valence-electron chi connectivity index (χ1n) is 6.74. The highest BCUT2D eigenvalue weighted by Crippen LogP contribution is 2.19. The number of nitrogens with one attached hydrogen (secondary N) is 2. The van der Waals surface area contributed by atoms with E-state index in [1.807, 2.05) is 13.8 Å². The molecule has 118 valence electrons. The van der Waals surface area contributed by atoms with Crippen LogP contribution < -0.4 is 10.0 Å². The van der Waals surface area contributed by atoms with E-state index >= 15 is 0 Å². The molecule has 1 atom stereocenters. The molecule has 0 aromatic heterocycles. The number of ether oxygens (including phenoxy) is 1. The lowest BCUT2D eigenvalue weighted by atomic mass is 10.1. The Labute approximate surface area is 125 Å². The molecule has 1 rings (SSSR count). The van der Waals surface area contributed by atoms with Gasteiger partial charge in [0.25, 0.3) is 0 Å². The Hall–Kier alpha value is -1.44. The van der Waals surface area contributed by atoms with Crippen LogP contribution in [0.4, 0.5) is 0 Å². The summed E-state index contributed by atoms with van der Waals surface area (Å²) in [5.41, 5.74) is 0.632. The van der Waals surface area contributed by atoms with Gasteiger partial charge in [0, 0.05) is 12.6 Å². The van der Waals surface area contributed by atoms with Crippen molar-refractivity contribution < 1.29 is 17.9 Å². The summed E-state index contributed by atoms with van der Waals surface area (Å²) in [5.74, 6) is -0.550. The smallest absolute Gasteiger partial charge is 0.338 e. The summed E-state index contributed by atoms with van der Waals surface area (Å²) in [6, 6.07) is 4.57. The third-order valence-corrected chi connectivity index (χ3v) is 4.68. The Morgan fingerprint density at radius 3 is 2.62 bits per heavy atom. The van der Waals surface area contributed by atoms with E-state index in [1.54, 1.807) is 13.0 Å². The van der Waals surface area contributed by atoms with Gasteiger partial charge in [0.15, 0.2) is 0 Å². The van der Waals surface area contributed by atoms with Gasteiger partial charge in [0.1, 0.15) is 0 Å². The quantitative estimate of drug-likeness (QED) is 0.735. The number of rotatable bonds is 7. The molecule has 2 N–H and O–H groups in total. The molecule has 0 bridgehead atoms. The predicted octanol–water partition coefficient (Wildman–Crippen LogP) is 1.06. The molecule has 0 amide bonds. The first-order valence-corrected chi connectivity index (χ1v) is 8.22. The Bertz CT molecular complexity index is 599. The molecule has 6 nitrogen and oxygen atoms in total. The lowest BCUT2D eigenvalue weighted by Crippen LogP contribution is -2.39. The van der Waals surface area contributed by atoms with Gasteiger partial charge in [0.05, 0.1) is 17.6 Å². The summed E-state index contributed by atoms with van der Waals surface area (Å²) in [7, 11) is -2.40. The van der Waals surface area contributed by atoms with E-state index < -0.39 is 16.0 Å². The molecular weight excluding hydrogens is 292 g/mol. The van der Waals surface area contributed by atoms with Crippen LogP contribution in [0.1, 0.15) is 29.8 Å². The first kappa shape index (κ1) is 17.6. The van der Waals surface area contributed by atoms with Crippen molar-refractivity contribution in [2.24, 2.45) is 0 Å². The Kier molecular flexibility index (Phi) is 6.32. The fraction of sp³-hybridized carbons (Fsp3) is 0.500. The minimum absolute atomic E-state index is 0.0221. The van der Waals surface area contributed by atoms with Crippen molar-refractivity contribution in [2.45, 2.75) is 31.7 Å². The molecule has 0 heterocycles. The summed E-state index contributed by atoms with van der Waals surface area (Å²) < 4.78 is 31.9. The number of esters is 1. The van der Waals surface area contributed by atoms with Gasteiger partial charge in [-0.15, -0.1) is 0 Å². The van der Waals surface area contributed by atoms with Crippen molar-refractivity contribution in [2.75, 3.05) is 20.2 Å². The van der Waals surface area contributed by atoms with Crippen molar-refractivity contribution in [3.05, 3.63) is 29.3 Å². The summed E-state index contributed by atoms with van der Waals surface area (Å²) >= 11 is 0. The highest BCUT2D eigenvalue weighted by atomic mass is 32.2. The van der Waals surface area contributed by atoms with Gasteiger partial charge in [0.2, 0.25) is 10.0 Å². The van der Waals surface area contributed by atoms with E-state index in [-0.39, 0.29) is 23.0 Å². The normalized spacial score (nSPS) is 13.0. The molecule has 0 radical (unpaired) electrons. The number of hydrogen-bond donors (Lipinski definition) is 2. The maximum atomic E-state index is 12.3. The molecule has 1 aromatic rings. The van der Waals surface area contributed by atoms with Gasteiger partial charge in [-0.3, -0.25) is 0 Å². The zero-order valence-electron chi connectivity index (χ0n) is 12.8. The van der Waals surface area contributed by atoms with E-state index in [9.17, 15) is 13.2 Å². The Balaban J connectivity index is 3.01. The van der Waals surface area contributed by atoms with Crippen molar-refractivity contribution in [3.8, 4) is 0 Å². The maximum Gasteiger partial charge on any atom is 0.338 e. The van der Waals surface area contributed by atoms with Crippen LogP contribution in [0.15, 0.2) is 23.1 Å². The fourth-order valence-electron chi connectivity index (χ4n) is 1.97. The number of sulfonamides is 1. The average Bonchev–Trinajstić information content (AvgIpc) is 2.45. The molecule has 21 heavy (non-hydrogen) atoms. The van der Waals surface area contributed by atoms with Crippen LogP contribution in [0.3, 0.4) is 0 Å². The molecule has 0 fully saturated rings. The lowest BCUT2D eigenvalue weighted by Gasteiger charge is -2.15. The summed E-state index contributed by atoms with van der Waals surface area (Å²) in [6.07, 6.45) is 0. The molecule has 0 unspecified atom stereocenters. The second-order valence-electron chi connectivity index (χ2n) is 4.73. The van der Waals surface area contributed by atoms with E-state index in [0.29, 0.717) is 5.56 Å². The van der Waals surface area contributed by atoms with Crippen LogP contribution in [0, 0.1) is 6.92 Å². The zero-order valence-corrected chi connectivity index (χ0v) is 13.6. The lowest BCUT2D eigenvalue weighted by molar-refractivity contribution is 0.0599. The van der Waals surface area contributed by atoms with Crippen LogP contribution in [0.5, 0.6) is 0 Å². The monoisotopic (exact) mass is 314 g/mol. The molecule has 0 saturated carbocycles. The fourth-order valence-corrected chi connectivity index (χ4v) is 3.37. The molecular formula is C14H22N2O4S. The Morgan fingerprint density at radius 2 is 2.05 bits per heavy atom. The highest BCUT2D eigenvalue weighted by Gasteiger charge is 2.21. The number of carbonyl (C=O) groups excluding carboxylic acids is 1. The van der Waals surface area contributed by atoms with Crippen LogP contribution in [0.25, 0.3) is 0 Å². The van der Waals surface area contributed by atoms with Crippen molar-refractivity contribution in [1.29, 1.82) is 0 Å². The number of hydrogen-bond acceptors (Lipinski definition) is 5. The number of methoxy groups -OCH3 is 1. The van der Waals surface area contributed by atoms with Crippen LogP contribution in [-0.2, 0) is 14.8 Å². The van der Waals surface area contributed by atoms with Crippen LogP contribution >= 0.6 is 0 Å². The number of likely N-dealkylation sites (N-methyl/N-ethyl adjacent to an activating group) is 1. The summed E-state index contributed by atoms with van der Waals surface area (Å²) in [6.45, 7) is 6.48. The van der Waals surface area contributed by atoms with Crippen LogP contribution in [0.2, 0.25) is 0 Å². The van der Waals surface area contributed by atoms with Gasteiger partial charge in [-0.05, 0) is 38.1 Å². The van der Waals surface area contributed by atoms with Gasteiger partial charge in [-0.1, -0.05) is 13.0 Å². The Morgan fingerprint density at radius 1 is 1.38 bits per heavy atom. The molecule has 0 aliphatic heterocycles. The van der Waals surface area contributed by atoms with Gasteiger partial charge in [-0.2, -0.15) is 0 Å². The van der Waals surface area contributed by atoms with Crippen molar-refractivity contribution in [1.82, 2.24) is 10.0 Å².